The first-order valence-electron chi connectivity index (χ1n) is 5.05. The molecule has 1 aromatic heterocycles. The predicted octanol–water partition coefficient (Wildman–Crippen LogP) is 0.716. The van der Waals surface area contributed by atoms with Crippen molar-refractivity contribution in [3.05, 3.63) is 5.28 Å². The van der Waals surface area contributed by atoms with Crippen LogP contribution in [0.25, 0.3) is 0 Å². The molecule has 0 amide bonds. The summed E-state index contributed by atoms with van der Waals surface area (Å²) in [7, 11) is 1.47. The maximum atomic E-state index is 9.13. The molecule has 2 rings (SSSR count). The van der Waals surface area contributed by atoms with Gasteiger partial charge in [-0.05, 0) is 30.4 Å². The molecular formula is C9H13ClN4O2. The van der Waals surface area contributed by atoms with Gasteiger partial charge in [0.1, 0.15) is 0 Å². The van der Waals surface area contributed by atoms with Crippen molar-refractivity contribution in [3.8, 4) is 6.01 Å². The highest BCUT2D eigenvalue weighted by Gasteiger charge is 2.26. The zero-order valence-electron chi connectivity index (χ0n) is 8.85. The second-order valence-corrected chi connectivity index (χ2v) is 4.12. The van der Waals surface area contributed by atoms with Crippen LogP contribution < -0.4 is 10.1 Å². The second kappa shape index (κ2) is 4.80. The van der Waals surface area contributed by atoms with Crippen molar-refractivity contribution in [2.75, 3.05) is 19.0 Å². The smallest absolute Gasteiger partial charge is 0.322 e. The van der Waals surface area contributed by atoms with Crippen molar-refractivity contribution in [3.63, 3.8) is 0 Å². The number of halogens is 1. The molecule has 7 heteroatoms. The maximum absolute atomic E-state index is 9.13. The maximum Gasteiger partial charge on any atom is 0.322 e. The molecule has 16 heavy (non-hydrogen) atoms. The van der Waals surface area contributed by atoms with E-state index in [1.54, 1.807) is 0 Å². The molecule has 1 saturated carbocycles. The molecule has 1 heterocycles. The van der Waals surface area contributed by atoms with Crippen LogP contribution in [0.1, 0.15) is 12.8 Å². The van der Waals surface area contributed by atoms with Crippen molar-refractivity contribution >= 4 is 17.5 Å². The van der Waals surface area contributed by atoms with Crippen LogP contribution in [0.4, 0.5) is 5.95 Å². The van der Waals surface area contributed by atoms with E-state index in [1.165, 1.54) is 7.11 Å². The number of aromatic nitrogens is 3. The quantitative estimate of drug-likeness (QED) is 0.812. The fourth-order valence-electron chi connectivity index (χ4n) is 1.61. The van der Waals surface area contributed by atoms with E-state index in [4.69, 9.17) is 21.4 Å². The Morgan fingerprint density at radius 2 is 2.19 bits per heavy atom. The van der Waals surface area contributed by atoms with E-state index >= 15 is 0 Å². The van der Waals surface area contributed by atoms with Crippen LogP contribution in [-0.2, 0) is 0 Å². The van der Waals surface area contributed by atoms with Crippen molar-refractivity contribution < 1.29 is 9.84 Å². The van der Waals surface area contributed by atoms with Crippen LogP contribution >= 0.6 is 11.6 Å². The van der Waals surface area contributed by atoms with Crippen molar-refractivity contribution in [2.45, 2.75) is 18.9 Å². The average Bonchev–Trinajstić information content (AvgIpc) is 2.22. The Morgan fingerprint density at radius 3 is 2.81 bits per heavy atom. The highest BCUT2D eigenvalue weighted by atomic mass is 35.5. The van der Waals surface area contributed by atoms with Gasteiger partial charge in [-0.3, -0.25) is 0 Å². The van der Waals surface area contributed by atoms with Crippen molar-refractivity contribution in [1.29, 1.82) is 0 Å². The molecule has 0 saturated heterocycles. The van der Waals surface area contributed by atoms with E-state index in [1.807, 2.05) is 0 Å². The average molecular weight is 245 g/mol. The molecule has 1 aromatic rings. The molecule has 6 nitrogen and oxygen atoms in total. The number of anilines is 1. The summed E-state index contributed by atoms with van der Waals surface area (Å²) >= 11 is 5.69. The van der Waals surface area contributed by atoms with E-state index in [-0.39, 0.29) is 17.4 Å². The summed E-state index contributed by atoms with van der Waals surface area (Å²) < 4.78 is 4.87. The highest BCUT2D eigenvalue weighted by molar-refractivity contribution is 6.28. The lowest BCUT2D eigenvalue weighted by Gasteiger charge is -2.31. The van der Waals surface area contributed by atoms with Crippen LogP contribution in [0.15, 0.2) is 0 Å². The van der Waals surface area contributed by atoms with Crippen LogP contribution in [0.2, 0.25) is 5.28 Å². The molecule has 0 unspecified atom stereocenters. The Labute approximate surface area is 98.0 Å². The second-order valence-electron chi connectivity index (χ2n) is 3.79. The molecule has 1 fully saturated rings. The fraction of sp³-hybridized carbons (Fsp3) is 0.667. The number of ether oxygens (including phenoxy) is 1. The van der Waals surface area contributed by atoms with Gasteiger partial charge in [0.25, 0.3) is 0 Å². The molecule has 0 aromatic carbocycles. The Balaban J connectivity index is 1.90. The minimum absolute atomic E-state index is 0.1000. The van der Waals surface area contributed by atoms with E-state index in [0.29, 0.717) is 11.9 Å². The molecule has 0 aliphatic heterocycles. The minimum Gasteiger partial charge on any atom is -0.467 e. The number of hydrogen-bond acceptors (Lipinski definition) is 6. The lowest BCUT2D eigenvalue weighted by atomic mass is 9.82. The third-order valence-electron chi connectivity index (χ3n) is 2.53. The van der Waals surface area contributed by atoms with E-state index in [9.17, 15) is 0 Å². The largest absolute Gasteiger partial charge is 0.467 e. The van der Waals surface area contributed by atoms with Gasteiger partial charge in [0.2, 0.25) is 11.2 Å². The number of hydrogen-bond donors (Lipinski definition) is 2. The summed E-state index contributed by atoms with van der Waals surface area (Å²) in [6, 6.07) is 0.191. The Hall–Kier alpha value is -1.14. The molecule has 88 valence electrons. The summed E-state index contributed by atoms with van der Waals surface area (Å²) in [4.78, 5) is 11.7. The third kappa shape index (κ3) is 2.70. The number of methoxy groups -OCH3 is 1. The Bertz CT molecular complexity index is 371. The van der Waals surface area contributed by atoms with Gasteiger partial charge in [0, 0.05) is 6.54 Å². The SMILES string of the molecule is COc1nc(Cl)nc(NCC2CC(O)C2)n1. The Morgan fingerprint density at radius 1 is 1.44 bits per heavy atom. The molecular weight excluding hydrogens is 232 g/mol. The van der Waals surface area contributed by atoms with Gasteiger partial charge in [-0.25, -0.2) is 0 Å². The minimum atomic E-state index is -0.150. The molecule has 0 radical (unpaired) electrons. The van der Waals surface area contributed by atoms with Gasteiger partial charge < -0.3 is 15.2 Å². The first-order valence-corrected chi connectivity index (χ1v) is 5.42. The number of nitrogens with zero attached hydrogens (tertiary/aromatic N) is 3. The Kier molecular flexibility index (Phi) is 3.40. The summed E-state index contributed by atoms with van der Waals surface area (Å²) in [5, 5.41) is 12.3. The lowest BCUT2D eigenvalue weighted by molar-refractivity contribution is 0.0486. The number of aliphatic hydroxyl groups is 1. The normalized spacial score (nSPS) is 23.7. The molecule has 0 spiro atoms. The van der Waals surface area contributed by atoms with Gasteiger partial charge in [-0.1, -0.05) is 0 Å². The number of rotatable bonds is 4. The molecule has 0 atom stereocenters. The standard InChI is InChI=1S/C9H13ClN4O2/c1-16-9-13-7(10)12-8(14-9)11-4-5-2-6(15)3-5/h5-6,15H,2-4H2,1H3,(H,11,12,13,14). The lowest BCUT2D eigenvalue weighted by Crippen LogP contribution is -2.33. The molecule has 2 N–H and O–H groups in total. The number of nitrogens with one attached hydrogen (secondary N) is 1. The number of aliphatic hydroxyl groups excluding tert-OH is 1. The molecule has 1 aliphatic carbocycles. The first kappa shape index (κ1) is 11.3. The highest BCUT2D eigenvalue weighted by Crippen LogP contribution is 2.27. The van der Waals surface area contributed by atoms with Crippen molar-refractivity contribution in [2.24, 2.45) is 5.92 Å². The summed E-state index contributed by atoms with van der Waals surface area (Å²) in [5.41, 5.74) is 0. The van der Waals surface area contributed by atoms with Crippen LogP contribution in [0.3, 0.4) is 0 Å². The van der Waals surface area contributed by atoms with Crippen LogP contribution in [-0.4, -0.2) is 39.8 Å². The van der Waals surface area contributed by atoms with Gasteiger partial charge in [-0.2, -0.15) is 15.0 Å². The van der Waals surface area contributed by atoms with Gasteiger partial charge in [0.15, 0.2) is 0 Å². The first-order chi connectivity index (χ1) is 7.67. The summed E-state index contributed by atoms with van der Waals surface area (Å²) in [6.07, 6.45) is 1.50. The topological polar surface area (TPSA) is 80.2 Å². The van der Waals surface area contributed by atoms with E-state index in [2.05, 4.69) is 20.3 Å². The monoisotopic (exact) mass is 244 g/mol. The molecule has 1 aliphatic rings. The van der Waals surface area contributed by atoms with Crippen LogP contribution in [0.5, 0.6) is 6.01 Å². The van der Waals surface area contributed by atoms with E-state index in [0.717, 1.165) is 19.4 Å². The third-order valence-corrected chi connectivity index (χ3v) is 2.70. The zero-order valence-corrected chi connectivity index (χ0v) is 9.61. The van der Waals surface area contributed by atoms with Gasteiger partial charge in [0.05, 0.1) is 13.2 Å². The molecule has 0 bridgehead atoms. The summed E-state index contributed by atoms with van der Waals surface area (Å²) in [5.74, 6) is 0.870. The van der Waals surface area contributed by atoms with Crippen LogP contribution in [0, 0.1) is 5.92 Å². The predicted molar refractivity (Wildman–Crippen MR) is 58.6 cm³/mol. The van der Waals surface area contributed by atoms with Gasteiger partial charge in [-0.15, -0.1) is 0 Å². The summed E-state index contributed by atoms with van der Waals surface area (Å²) in [6.45, 7) is 0.723. The zero-order chi connectivity index (χ0) is 11.5. The fourth-order valence-corrected chi connectivity index (χ4v) is 1.76. The van der Waals surface area contributed by atoms with E-state index < -0.39 is 0 Å². The van der Waals surface area contributed by atoms with Gasteiger partial charge >= 0.3 is 6.01 Å². The van der Waals surface area contributed by atoms with Crippen molar-refractivity contribution in [1.82, 2.24) is 15.0 Å².